The summed E-state index contributed by atoms with van der Waals surface area (Å²) in [5.41, 5.74) is 5.44. The van der Waals surface area contributed by atoms with Gasteiger partial charge in [0.1, 0.15) is 21.4 Å². The molecule has 0 fully saturated rings. The molecule has 2 N–H and O–H groups in total. The van der Waals surface area contributed by atoms with Gasteiger partial charge in [-0.1, -0.05) is 15.9 Å². The number of nitrogens with two attached hydrogens (primary N) is 1. The number of nitrogen functional groups attached to an aromatic ring is 1. The maximum atomic E-state index is 12.9. The molecular formula is C14H14BrF2NO4S2. The number of sulfone groups is 2. The lowest BCUT2D eigenvalue weighted by Crippen LogP contribution is -2.01. The van der Waals surface area contributed by atoms with E-state index in [0.29, 0.717) is 4.47 Å². The molecular weight excluding hydrogens is 428 g/mol. The first-order valence-electron chi connectivity index (χ1n) is 6.22. The van der Waals surface area contributed by atoms with Crippen LogP contribution in [-0.2, 0) is 19.7 Å². The first-order chi connectivity index (χ1) is 10.8. The van der Waals surface area contributed by atoms with Gasteiger partial charge in [-0.15, -0.1) is 0 Å². The lowest BCUT2D eigenvalue weighted by Gasteiger charge is -2.00. The molecule has 0 unspecified atom stereocenters. The molecule has 2 rings (SSSR count). The molecule has 0 heterocycles. The van der Waals surface area contributed by atoms with Crippen LogP contribution >= 0.6 is 15.9 Å². The van der Waals surface area contributed by atoms with E-state index in [4.69, 9.17) is 5.73 Å². The topological polar surface area (TPSA) is 94.3 Å². The SMILES string of the molecule is CS(=O)(=O)c1ccc(Br)cc1F.CS(=O)(=O)c1ccc(N)cc1F. The molecule has 0 amide bonds. The van der Waals surface area contributed by atoms with Crippen molar-refractivity contribution in [2.24, 2.45) is 0 Å². The van der Waals surface area contributed by atoms with Crippen molar-refractivity contribution < 1.29 is 25.6 Å². The predicted molar refractivity (Wildman–Crippen MR) is 91.1 cm³/mol. The third-order valence-electron chi connectivity index (χ3n) is 2.65. The second kappa shape index (κ2) is 7.58. The zero-order valence-corrected chi connectivity index (χ0v) is 15.8. The largest absolute Gasteiger partial charge is 0.399 e. The van der Waals surface area contributed by atoms with Gasteiger partial charge in [0.15, 0.2) is 19.7 Å². The molecule has 0 aliphatic carbocycles. The average molecular weight is 442 g/mol. The summed E-state index contributed by atoms with van der Waals surface area (Å²) in [6.07, 6.45) is 1.92. The summed E-state index contributed by atoms with van der Waals surface area (Å²) in [7, 11) is -6.93. The van der Waals surface area contributed by atoms with Crippen LogP contribution in [-0.4, -0.2) is 29.3 Å². The van der Waals surface area contributed by atoms with Gasteiger partial charge >= 0.3 is 0 Å². The number of benzene rings is 2. The summed E-state index contributed by atoms with van der Waals surface area (Å²) in [5.74, 6) is -1.54. The molecule has 2 aromatic carbocycles. The minimum absolute atomic E-state index is 0.208. The number of halogens is 3. The predicted octanol–water partition coefficient (Wildman–Crippen LogP) is 2.80. The molecule has 0 aromatic heterocycles. The molecule has 2 aromatic rings. The normalized spacial score (nSPS) is 11.5. The van der Waals surface area contributed by atoms with Crippen LogP contribution in [0.3, 0.4) is 0 Å². The summed E-state index contributed by atoms with van der Waals surface area (Å²) in [4.78, 5) is -0.595. The maximum Gasteiger partial charge on any atom is 0.178 e. The van der Waals surface area contributed by atoms with Crippen molar-refractivity contribution in [2.45, 2.75) is 9.79 Å². The molecule has 0 aliphatic heterocycles. The second-order valence-electron chi connectivity index (χ2n) is 4.81. The Morgan fingerprint density at radius 3 is 1.62 bits per heavy atom. The molecule has 24 heavy (non-hydrogen) atoms. The van der Waals surface area contributed by atoms with Crippen molar-refractivity contribution in [3.8, 4) is 0 Å². The second-order valence-corrected chi connectivity index (χ2v) is 9.69. The highest BCUT2D eigenvalue weighted by molar-refractivity contribution is 9.10. The summed E-state index contributed by atoms with van der Waals surface area (Å²) in [6.45, 7) is 0. The van der Waals surface area contributed by atoms with Crippen molar-refractivity contribution in [3.05, 3.63) is 52.5 Å². The summed E-state index contributed by atoms with van der Waals surface area (Å²) >= 11 is 3.03. The van der Waals surface area contributed by atoms with Crippen molar-refractivity contribution in [1.29, 1.82) is 0 Å². The lowest BCUT2D eigenvalue weighted by atomic mass is 10.3. The highest BCUT2D eigenvalue weighted by Crippen LogP contribution is 2.19. The molecule has 0 aliphatic rings. The Morgan fingerprint density at radius 1 is 0.833 bits per heavy atom. The quantitative estimate of drug-likeness (QED) is 0.722. The minimum atomic E-state index is -3.48. The fourth-order valence-corrected chi connectivity index (χ4v) is 3.38. The van der Waals surface area contributed by atoms with Crippen LogP contribution in [0.5, 0.6) is 0 Å². The average Bonchev–Trinajstić information content (AvgIpc) is 2.35. The molecule has 5 nitrogen and oxygen atoms in total. The van der Waals surface area contributed by atoms with E-state index in [2.05, 4.69) is 15.9 Å². The first kappa shape index (κ1) is 20.5. The Hall–Kier alpha value is -1.52. The third kappa shape index (κ3) is 5.84. The molecule has 0 radical (unpaired) electrons. The number of hydrogen-bond acceptors (Lipinski definition) is 5. The molecule has 10 heteroatoms. The highest BCUT2D eigenvalue weighted by atomic mass is 79.9. The van der Waals surface area contributed by atoms with E-state index in [9.17, 15) is 25.6 Å². The van der Waals surface area contributed by atoms with Gasteiger partial charge in [-0.05, 0) is 36.4 Å². The van der Waals surface area contributed by atoms with Gasteiger partial charge in [0.2, 0.25) is 0 Å². The maximum absolute atomic E-state index is 12.9. The Bertz CT molecular complexity index is 881. The van der Waals surface area contributed by atoms with Crippen LogP contribution < -0.4 is 5.73 Å². The Kier molecular flexibility index (Phi) is 6.48. The van der Waals surface area contributed by atoms with E-state index < -0.39 is 31.3 Å². The van der Waals surface area contributed by atoms with E-state index in [1.807, 2.05) is 0 Å². The smallest absolute Gasteiger partial charge is 0.178 e. The molecule has 0 spiro atoms. The van der Waals surface area contributed by atoms with E-state index in [1.54, 1.807) is 0 Å². The van der Waals surface area contributed by atoms with Crippen LogP contribution in [0.25, 0.3) is 0 Å². The number of hydrogen-bond donors (Lipinski definition) is 1. The van der Waals surface area contributed by atoms with E-state index in [-0.39, 0.29) is 15.5 Å². The van der Waals surface area contributed by atoms with Crippen LogP contribution in [0.2, 0.25) is 0 Å². The molecule has 0 atom stereocenters. The van der Waals surface area contributed by atoms with Crippen molar-refractivity contribution in [3.63, 3.8) is 0 Å². The highest BCUT2D eigenvalue weighted by Gasteiger charge is 2.13. The summed E-state index contributed by atoms with van der Waals surface area (Å²) in [5, 5.41) is 0. The molecule has 132 valence electrons. The van der Waals surface area contributed by atoms with Crippen molar-refractivity contribution in [1.82, 2.24) is 0 Å². The van der Waals surface area contributed by atoms with Crippen molar-refractivity contribution >= 4 is 41.3 Å². The Labute approximate surface area is 147 Å². The van der Waals surface area contributed by atoms with E-state index in [1.165, 1.54) is 18.2 Å². The Morgan fingerprint density at radius 2 is 1.25 bits per heavy atom. The van der Waals surface area contributed by atoms with E-state index >= 15 is 0 Å². The zero-order valence-electron chi connectivity index (χ0n) is 12.6. The Balaban J connectivity index is 0.000000240. The van der Waals surface area contributed by atoms with Crippen LogP contribution in [0.1, 0.15) is 0 Å². The number of rotatable bonds is 2. The standard InChI is InChI=1S/C7H6BrFO2S.C7H8FNO2S/c1-12(10,11)7-3-2-5(8)4-6(7)9;1-12(10,11)7-3-2-5(9)4-6(7)8/h2-4H,1H3;2-4H,9H2,1H3. The minimum Gasteiger partial charge on any atom is -0.399 e. The van der Waals surface area contributed by atoms with Crippen LogP contribution in [0.15, 0.2) is 50.7 Å². The van der Waals surface area contributed by atoms with Gasteiger partial charge in [0.05, 0.1) is 0 Å². The van der Waals surface area contributed by atoms with Gasteiger partial charge in [0.25, 0.3) is 0 Å². The third-order valence-corrected chi connectivity index (χ3v) is 5.40. The molecule has 0 saturated carbocycles. The first-order valence-corrected chi connectivity index (χ1v) is 10.8. The van der Waals surface area contributed by atoms with Gasteiger partial charge in [-0.2, -0.15) is 0 Å². The van der Waals surface area contributed by atoms with Gasteiger partial charge in [0, 0.05) is 22.7 Å². The van der Waals surface area contributed by atoms with E-state index in [0.717, 1.165) is 30.7 Å². The summed E-state index contributed by atoms with van der Waals surface area (Å²) < 4.78 is 69.9. The summed E-state index contributed by atoms with van der Waals surface area (Å²) in [6, 6.07) is 7.32. The zero-order chi connectivity index (χ0) is 18.7. The fourth-order valence-electron chi connectivity index (χ4n) is 1.59. The van der Waals surface area contributed by atoms with Crippen molar-refractivity contribution in [2.75, 3.05) is 18.2 Å². The lowest BCUT2D eigenvalue weighted by molar-refractivity contribution is 0.568. The monoisotopic (exact) mass is 441 g/mol. The van der Waals surface area contributed by atoms with Gasteiger partial charge < -0.3 is 5.73 Å². The van der Waals surface area contributed by atoms with Crippen LogP contribution in [0, 0.1) is 11.6 Å². The van der Waals surface area contributed by atoms with Crippen LogP contribution in [0.4, 0.5) is 14.5 Å². The fraction of sp³-hybridized carbons (Fsp3) is 0.143. The molecule has 0 saturated heterocycles. The van der Waals surface area contributed by atoms with Gasteiger partial charge in [-0.25, -0.2) is 25.6 Å². The number of anilines is 1. The molecule has 0 bridgehead atoms. The van der Waals surface area contributed by atoms with Gasteiger partial charge in [-0.3, -0.25) is 0 Å².